The first-order valence-electron chi connectivity index (χ1n) is 10.2. The zero-order valence-corrected chi connectivity index (χ0v) is 17.8. The molecule has 3 aromatic rings. The van der Waals surface area contributed by atoms with Crippen molar-refractivity contribution in [3.05, 3.63) is 77.0 Å². The number of amides is 1. The summed E-state index contributed by atoms with van der Waals surface area (Å²) in [5.41, 5.74) is 5.45. The number of rotatable bonds is 9. The van der Waals surface area contributed by atoms with Crippen LogP contribution in [0.4, 0.5) is 17.5 Å². The van der Waals surface area contributed by atoms with E-state index in [0.29, 0.717) is 25.5 Å². The minimum absolute atomic E-state index is 0.0465. The van der Waals surface area contributed by atoms with Crippen molar-refractivity contribution in [1.82, 2.24) is 15.3 Å². The molecule has 0 saturated heterocycles. The first-order valence-corrected chi connectivity index (χ1v) is 10.2. The molecule has 3 rings (SSSR count). The van der Waals surface area contributed by atoms with Crippen molar-refractivity contribution < 1.29 is 4.79 Å². The fourth-order valence-corrected chi connectivity index (χ4v) is 3.09. The lowest BCUT2D eigenvalue weighted by Gasteiger charge is -2.11. The second kappa shape index (κ2) is 10.4. The highest BCUT2D eigenvalue weighted by atomic mass is 16.1. The van der Waals surface area contributed by atoms with Crippen molar-refractivity contribution >= 4 is 23.4 Å². The van der Waals surface area contributed by atoms with E-state index in [1.54, 1.807) is 0 Å². The molecule has 156 valence electrons. The van der Waals surface area contributed by atoms with E-state index in [-0.39, 0.29) is 5.91 Å². The molecule has 0 spiro atoms. The molecular formula is C24H29N5O. The van der Waals surface area contributed by atoms with Gasteiger partial charge in [-0.1, -0.05) is 47.5 Å². The monoisotopic (exact) mass is 403 g/mol. The molecule has 0 aliphatic carbocycles. The van der Waals surface area contributed by atoms with E-state index in [1.165, 1.54) is 16.7 Å². The van der Waals surface area contributed by atoms with E-state index in [1.807, 2.05) is 31.2 Å². The third kappa shape index (κ3) is 6.88. The van der Waals surface area contributed by atoms with Crippen molar-refractivity contribution in [2.75, 3.05) is 23.7 Å². The largest absolute Gasteiger partial charge is 0.354 e. The van der Waals surface area contributed by atoms with Gasteiger partial charge in [0.25, 0.3) is 0 Å². The number of nitrogens with zero attached hydrogens (tertiary/aromatic N) is 2. The number of aromatic nitrogens is 2. The van der Waals surface area contributed by atoms with Crippen molar-refractivity contribution in [3.63, 3.8) is 0 Å². The van der Waals surface area contributed by atoms with E-state index in [0.717, 1.165) is 23.6 Å². The lowest BCUT2D eigenvalue weighted by molar-refractivity contribution is -0.120. The molecule has 3 N–H and O–H groups in total. The minimum Gasteiger partial charge on any atom is -0.354 e. The van der Waals surface area contributed by atoms with Crippen LogP contribution in [-0.4, -0.2) is 29.0 Å². The van der Waals surface area contributed by atoms with Crippen molar-refractivity contribution in [3.8, 4) is 0 Å². The summed E-state index contributed by atoms with van der Waals surface area (Å²) in [7, 11) is 0. The Morgan fingerprint density at radius 3 is 2.47 bits per heavy atom. The Labute approximate surface area is 178 Å². The molecule has 0 saturated carbocycles. The molecule has 2 aromatic carbocycles. The van der Waals surface area contributed by atoms with E-state index >= 15 is 0 Å². The summed E-state index contributed by atoms with van der Waals surface area (Å²) in [5.74, 6) is 1.32. The Kier molecular flexibility index (Phi) is 7.38. The van der Waals surface area contributed by atoms with Crippen LogP contribution in [0.3, 0.4) is 0 Å². The molecule has 0 radical (unpaired) electrons. The Balaban J connectivity index is 1.43. The Bertz CT molecular complexity index is 985. The summed E-state index contributed by atoms with van der Waals surface area (Å²) < 4.78 is 0. The third-order valence-corrected chi connectivity index (χ3v) is 4.63. The number of hydrogen-bond donors (Lipinski definition) is 3. The Morgan fingerprint density at radius 1 is 0.900 bits per heavy atom. The van der Waals surface area contributed by atoms with Gasteiger partial charge in [-0.15, -0.1) is 0 Å². The van der Waals surface area contributed by atoms with Gasteiger partial charge in [-0.3, -0.25) is 4.79 Å². The number of anilines is 3. The number of benzene rings is 2. The molecule has 1 amide bonds. The first kappa shape index (κ1) is 21.3. The molecule has 0 fully saturated rings. The van der Waals surface area contributed by atoms with E-state index in [4.69, 9.17) is 0 Å². The predicted octanol–water partition coefficient (Wildman–Crippen LogP) is 4.31. The fraction of sp³-hybridized carbons (Fsp3) is 0.292. The van der Waals surface area contributed by atoms with Crippen LogP contribution in [-0.2, 0) is 11.2 Å². The van der Waals surface area contributed by atoms with Gasteiger partial charge in [0.05, 0.1) is 0 Å². The highest BCUT2D eigenvalue weighted by molar-refractivity contribution is 5.76. The Hall–Kier alpha value is -3.41. The molecule has 30 heavy (non-hydrogen) atoms. The highest BCUT2D eigenvalue weighted by Crippen LogP contribution is 2.17. The van der Waals surface area contributed by atoms with Crippen LogP contribution in [0.25, 0.3) is 0 Å². The third-order valence-electron chi connectivity index (χ3n) is 4.63. The van der Waals surface area contributed by atoms with Gasteiger partial charge >= 0.3 is 0 Å². The molecule has 0 bridgehead atoms. The van der Waals surface area contributed by atoms with E-state index in [9.17, 15) is 4.79 Å². The van der Waals surface area contributed by atoms with Gasteiger partial charge in [-0.05, 0) is 44.9 Å². The highest BCUT2D eigenvalue weighted by Gasteiger charge is 2.05. The normalized spacial score (nSPS) is 10.5. The van der Waals surface area contributed by atoms with E-state index in [2.05, 4.69) is 70.1 Å². The molecule has 0 atom stereocenters. The topological polar surface area (TPSA) is 78.9 Å². The number of aryl methyl sites for hydroxylation is 4. The van der Waals surface area contributed by atoms with Gasteiger partial charge in [0, 0.05) is 37.0 Å². The molecule has 0 unspecified atom stereocenters. The SMILES string of the molecule is Cc1ccc(Nc2cc(C)nc(NCCNC(=O)CCc3cccc(C)c3)n2)cc1. The van der Waals surface area contributed by atoms with Gasteiger partial charge in [-0.2, -0.15) is 4.98 Å². The second-order valence-corrected chi connectivity index (χ2v) is 7.47. The summed E-state index contributed by atoms with van der Waals surface area (Å²) >= 11 is 0. The van der Waals surface area contributed by atoms with Crippen LogP contribution in [0.1, 0.15) is 28.8 Å². The van der Waals surface area contributed by atoms with E-state index < -0.39 is 0 Å². The summed E-state index contributed by atoms with van der Waals surface area (Å²) in [6.07, 6.45) is 1.23. The average molecular weight is 404 g/mol. The summed E-state index contributed by atoms with van der Waals surface area (Å²) in [6, 6.07) is 18.3. The lowest BCUT2D eigenvalue weighted by Crippen LogP contribution is -2.29. The van der Waals surface area contributed by atoms with Crippen molar-refractivity contribution in [2.24, 2.45) is 0 Å². The van der Waals surface area contributed by atoms with Crippen LogP contribution in [0.15, 0.2) is 54.6 Å². The maximum Gasteiger partial charge on any atom is 0.224 e. The summed E-state index contributed by atoms with van der Waals surface area (Å²) in [5, 5.41) is 9.42. The number of carbonyl (C=O) groups is 1. The molecule has 6 nitrogen and oxygen atoms in total. The molecule has 0 aliphatic heterocycles. The molecule has 0 aliphatic rings. The second-order valence-electron chi connectivity index (χ2n) is 7.47. The number of hydrogen-bond acceptors (Lipinski definition) is 5. The zero-order chi connectivity index (χ0) is 21.3. The zero-order valence-electron chi connectivity index (χ0n) is 17.8. The van der Waals surface area contributed by atoms with Gasteiger partial charge in [0.2, 0.25) is 11.9 Å². The minimum atomic E-state index is 0.0465. The molecular weight excluding hydrogens is 374 g/mol. The average Bonchev–Trinajstić information content (AvgIpc) is 2.71. The predicted molar refractivity (Wildman–Crippen MR) is 122 cm³/mol. The Morgan fingerprint density at radius 2 is 1.70 bits per heavy atom. The van der Waals surface area contributed by atoms with Crippen LogP contribution >= 0.6 is 0 Å². The van der Waals surface area contributed by atoms with Crippen LogP contribution in [0, 0.1) is 20.8 Å². The fourth-order valence-electron chi connectivity index (χ4n) is 3.09. The lowest BCUT2D eigenvalue weighted by atomic mass is 10.1. The van der Waals surface area contributed by atoms with Crippen LogP contribution in [0.5, 0.6) is 0 Å². The number of nitrogens with one attached hydrogen (secondary N) is 3. The first-order chi connectivity index (χ1) is 14.5. The molecule has 6 heteroatoms. The molecule has 1 aromatic heterocycles. The van der Waals surface area contributed by atoms with Gasteiger partial charge < -0.3 is 16.0 Å². The van der Waals surface area contributed by atoms with Gasteiger partial charge in [0.15, 0.2) is 0 Å². The summed E-state index contributed by atoms with van der Waals surface area (Å²) in [6.45, 7) is 7.13. The molecule has 1 heterocycles. The maximum atomic E-state index is 12.1. The van der Waals surface area contributed by atoms with Crippen LogP contribution < -0.4 is 16.0 Å². The van der Waals surface area contributed by atoms with Crippen molar-refractivity contribution in [1.29, 1.82) is 0 Å². The van der Waals surface area contributed by atoms with Crippen molar-refractivity contribution in [2.45, 2.75) is 33.6 Å². The van der Waals surface area contributed by atoms with Gasteiger partial charge in [-0.25, -0.2) is 4.98 Å². The van der Waals surface area contributed by atoms with Crippen LogP contribution in [0.2, 0.25) is 0 Å². The maximum absolute atomic E-state index is 12.1. The van der Waals surface area contributed by atoms with Gasteiger partial charge in [0.1, 0.15) is 5.82 Å². The smallest absolute Gasteiger partial charge is 0.224 e. The quantitative estimate of drug-likeness (QED) is 0.464. The standard InChI is InChI=1S/C24H29N5O/c1-17-7-10-21(11-8-17)28-22-16-19(3)27-24(29-22)26-14-13-25-23(30)12-9-20-6-4-5-18(2)15-20/h4-8,10-11,15-16H,9,12-14H2,1-3H3,(H,25,30)(H2,26,27,28,29). The summed E-state index contributed by atoms with van der Waals surface area (Å²) in [4.78, 5) is 21.0. The number of carbonyl (C=O) groups excluding carboxylic acids is 1.